The molecule has 118 valence electrons. The molecule has 0 fully saturated rings. The van der Waals surface area contributed by atoms with Crippen molar-refractivity contribution >= 4 is 11.6 Å². The van der Waals surface area contributed by atoms with Crippen molar-refractivity contribution in [3.63, 3.8) is 0 Å². The van der Waals surface area contributed by atoms with Crippen LogP contribution in [0.3, 0.4) is 0 Å². The first-order valence-corrected chi connectivity index (χ1v) is 7.68. The summed E-state index contributed by atoms with van der Waals surface area (Å²) in [5.41, 5.74) is 3.74. The van der Waals surface area contributed by atoms with Gasteiger partial charge in [0.1, 0.15) is 0 Å². The molecular weight excluding hydrogens is 312 g/mol. The zero-order valence-electron chi connectivity index (χ0n) is 12.4. The molecule has 0 radical (unpaired) electrons. The molecule has 3 aromatic rings. The molecule has 2 aromatic heterocycles. The first-order chi connectivity index (χ1) is 11.2. The van der Waals surface area contributed by atoms with Crippen molar-refractivity contribution in [2.24, 2.45) is 0 Å². The maximum Gasteiger partial charge on any atom is 0.0915 e. The van der Waals surface area contributed by atoms with Gasteiger partial charge in [0.25, 0.3) is 0 Å². The molecule has 6 heteroatoms. The molecule has 0 spiro atoms. The van der Waals surface area contributed by atoms with Gasteiger partial charge in [-0.15, -0.1) is 0 Å². The Balaban J connectivity index is 1.61. The SMILES string of the molecule is O[C@@H](CNCc1cn[nH]c1-c1cccnc1)c1cccc(Cl)c1. The molecule has 23 heavy (non-hydrogen) atoms. The first-order valence-electron chi connectivity index (χ1n) is 7.31. The molecule has 0 saturated heterocycles. The summed E-state index contributed by atoms with van der Waals surface area (Å²) in [6.45, 7) is 1.02. The summed E-state index contributed by atoms with van der Waals surface area (Å²) in [5, 5.41) is 21.2. The van der Waals surface area contributed by atoms with Crippen LogP contribution in [0, 0.1) is 0 Å². The van der Waals surface area contributed by atoms with E-state index in [1.807, 2.05) is 24.3 Å². The number of rotatable bonds is 6. The minimum Gasteiger partial charge on any atom is -0.387 e. The van der Waals surface area contributed by atoms with Gasteiger partial charge in [0, 0.05) is 41.6 Å². The van der Waals surface area contributed by atoms with Crippen LogP contribution in [0.15, 0.2) is 55.0 Å². The Morgan fingerprint density at radius 2 is 2.13 bits per heavy atom. The number of hydrogen-bond donors (Lipinski definition) is 3. The molecule has 0 aliphatic rings. The number of nitrogens with zero attached hydrogens (tertiary/aromatic N) is 2. The smallest absolute Gasteiger partial charge is 0.0915 e. The Kier molecular flexibility index (Phi) is 5.02. The number of halogens is 1. The van der Waals surface area contributed by atoms with E-state index in [4.69, 9.17) is 11.6 Å². The van der Waals surface area contributed by atoms with Gasteiger partial charge in [-0.2, -0.15) is 5.10 Å². The van der Waals surface area contributed by atoms with Crippen LogP contribution in [-0.4, -0.2) is 26.8 Å². The number of H-pyrrole nitrogens is 1. The molecule has 5 nitrogen and oxygen atoms in total. The van der Waals surface area contributed by atoms with Gasteiger partial charge >= 0.3 is 0 Å². The highest BCUT2D eigenvalue weighted by molar-refractivity contribution is 6.30. The summed E-state index contributed by atoms with van der Waals surface area (Å²) in [4.78, 5) is 4.12. The van der Waals surface area contributed by atoms with Crippen molar-refractivity contribution in [1.29, 1.82) is 0 Å². The van der Waals surface area contributed by atoms with E-state index in [0.29, 0.717) is 18.1 Å². The van der Waals surface area contributed by atoms with Crippen molar-refractivity contribution in [1.82, 2.24) is 20.5 Å². The maximum atomic E-state index is 10.2. The van der Waals surface area contributed by atoms with E-state index in [9.17, 15) is 5.11 Å². The molecule has 0 unspecified atom stereocenters. The van der Waals surface area contributed by atoms with Crippen LogP contribution >= 0.6 is 11.6 Å². The van der Waals surface area contributed by atoms with Crippen molar-refractivity contribution < 1.29 is 5.11 Å². The highest BCUT2D eigenvalue weighted by Crippen LogP contribution is 2.20. The molecule has 1 atom stereocenters. The number of benzene rings is 1. The lowest BCUT2D eigenvalue weighted by atomic mass is 10.1. The minimum absolute atomic E-state index is 0.429. The quantitative estimate of drug-likeness (QED) is 0.650. The zero-order valence-corrected chi connectivity index (χ0v) is 13.2. The molecular formula is C17H17ClN4O. The van der Waals surface area contributed by atoms with Gasteiger partial charge in [-0.1, -0.05) is 23.7 Å². The standard InChI is InChI=1S/C17H17ClN4O/c18-15-5-1-3-12(7-15)16(23)11-20-9-14-10-21-22-17(14)13-4-2-6-19-8-13/h1-8,10,16,20,23H,9,11H2,(H,21,22)/t16-/m0/s1. The predicted octanol–water partition coefficient (Wildman–Crippen LogP) is 2.95. The van der Waals surface area contributed by atoms with Crippen LogP contribution < -0.4 is 5.32 Å². The van der Waals surface area contributed by atoms with Crippen molar-refractivity contribution in [3.05, 3.63) is 71.1 Å². The summed E-state index contributed by atoms with van der Waals surface area (Å²) in [5.74, 6) is 0. The van der Waals surface area contributed by atoms with Crippen LogP contribution in [-0.2, 0) is 6.54 Å². The third-order valence-corrected chi connectivity index (χ3v) is 3.79. The predicted molar refractivity (Wildman–Crippen MR) is 89.9 cm³/mol. The maximum absolute atomic E-state index is 10.2. The normalized spacial score (nSPS) is 12.3. The number of nitrogens with one attached hydrogen (secondary N) is 2. The number of pyridine rings is 1. The highest BCUT2D eigenvalue weighted by Gasteiger charge is 2.10. The van der Waals surface area contributed by atoms with E-state index in [0.717, 1.165) is 22.4 Å². The largest absolute Gasteiger partial charge is 0.387 e. The lowest BCUT2D eigenvalue weighted by Crippen LogP contribution is -2.21. The molecule has 0 aliphatic carbocycles. The number of aliphatic hydroxyl groups is 1. The zero-order chi connectivity index (χ0) is 16.1. The van der Waals surface area contributed by atoms with Gasteiger partial charge in [-0.05, 0) is 29.8 Å². The van der Waals surface area contributed by atoms with E-state index in [1.54, 1.807) is 30.7 Å². The van der Waals surface area contributed by atoms with Gasteiger partial charge in [-0.25, -0.2) is 0 Å². The van der Waals surface area contributed by atoms with Gasteiger partial charge in [0.05, 0.1) is 18.0 Å². The number of aromatic amines is 1. The molecule has 0 aliphatic heterocycles. The van der Waals surface area contributed by atoms with Crippen LogP contribution in [0.5, 0.6) is 0 Å². The second kappa shape index (κ2) is 7.37. The second-order valence-electron chi connectivity index (χ2n) is 5.21. The van der Waals surface area contributed by atoms with Crippen molar-refractivity contribution in [3.8, 4) is 11.3 Å². The van der Waals surface area contributed by atoms with Crippen LogP contribution in [0.1, 0.15) is 17.2 Å². The highest BCUT2D eigenvalue weighted by atomic mass is 35.5. The first kappa shape index (κ1) is 15.7. The van der Waals surface area contributed by atoms with E-state index >= 15 is 0 Å². The Morgan fingerprint density at radius 3 is 2.91 bits per heavy atom. The molecule has 0 saturated carbocycles. The summed E-state index contributed by atoms with van der Waals surface area (Å²) in [6, 6.07) is 11.1. The fourth-order valence-electron chi connectivity index (χ4n) is 2.38. The lowest BCUT2D eigenvalue weighted by Gasteiger charge is -2.12. The molecule has 0 amide bonds. The Labute approximate surface area is 139 Å². The third kappa shape index (κ3) is 3.96. The molecule has 3 rings (SSSR count). The molecule has 3 N–H and O–H groups in total. The lowest BCUT2D eigenvalue weighted by molar-refractivity contribution is 0.174. The van der Waals surface area contributed by atoms with Gasteiger partial charge < -0.3 is 10.4 Å². The number of aliphatic hydroxyl groups excluding tert-OH is 1. The molecule has 2 heterocycles. The van der Waals surface area contributed by atoms with Gasteiger partial charge in [-0.3, -0.25) is 10.1 Å². The topological polar surface area (TPSA) is 73.8 Å². The minimum atomic E-state index is -0.609. The van der Waals surface area contributed by atoms with Crippen LogP contribution in [0.2, 0.25) is 5.02 Å². The van der Waals surface area contributed by atoms with Crippen molar-refractivity contribution in [2.45, 2.75) is 12.6 Å². The van der Waals surface area contributed by atoms with Crippen LogP contribution in [0.4, 0.5) is 0 Å². The van der Waals surface area contributed by atoms with E-state index in [1.165, 1.54) is 0 Å². The fourth-order valence-corrected chi connectivity index (χ4v) is 2.58. The number of hydrogen-bond acceptors (Lipinski definition) is 4. The van der Waals surface area contributed by atoms with E-state index < -0.39 is 6.10 Å². The average molecular weight is 329 g/mol. The van der Waals surface area contributed by atoms with Gasteiger partial charge in [0.2, 0.25) is 0 Å². The molecule has 1 aromatic carbocycles. The Hall–Kier alpha value is -2.21. The van der Waals surface area contributed by atoms with E-state index in [2.05, 4.69) is 20.5 Å². The fraction of sp³-hybridized carbons (Fsp3) is 0.176. The summed E-state index contributed by atoms with van der Waals surface area (Å²) in [7, 11) is 0. The third-order valence-electron chi connectivity index (χ3n) is 3.55. The Morgan fingerprint density at radius 1 is 1.22 bits per heavy atom. The van der Waals surface area contributed by atoms with Crippen molar-refractivity contribution in [2.75, 3.05) is 6.54 Å². The summed E-state index contributed by atoms with van der Waals surface area (Å²) in [6.07, 6.45) is 4.69. The molecule has 0 bridgehead atoms. The summed E-state index contributed by atoms with van der Waals surface area (Å²) >= 11 is 5.94. The summed E-state index contributed by atoms with van der Waals surface area (Å²) < 4.78 is 0. The monoisotopic (exact) mass is 328 g/mol. The second-order valence-corrected chi connectivity index (χ2v) is 5.65. The average Bonchev–Trinajstić information content (AvgIpc) is 3.04. The van der Waals surface area contributed by atoms with Crippen LogP contribution in [0.25, 0.3) is 11.3 Å². The van der Waals surface area contributed by atoms with E-state index in [-0.39, 0.29) is 0 Å². The van der Waals surface area contributed by atoms with Gasteiger partial charge in [0.15, 0.2) is 0 Å². The Bertz CT molecular complexity index is 760. The number of aromatic nitrogens is 3.